The molecule has 0 amide bonds. The van der Waals surface area contributed by atoms with Crippen LogP contribution in [0.25, 0.3) is 0 Å². The van der Waals surface area contributed by atoms with Gasteiger partial charge in [-0.05, 0) is 31.4 Å². The molecule has 2 heterocycles. The van der Waals surface area contributed by atoms with Crippen LogP contribution in [-0.4, -0.2) is 47.8 Å². The summed E-state index contributed by atoms with van der Waals surface area (Å²) in [4.78, 5) is 14.3. The lowest BCUT2D eigenvalue weighted by atomic mass is 9.95. The Morgan fingerprint density at radius 3 is 2.72 bits per heavy atom. The van der Waals surface area contributed by atoms with E-state index in [4.69, 9.17) is 16.3 Å². The fraction of sp³-hybridized carbons (Fsp3) is 0.727. The normalized spacial score (nSPS) is 23.8. The van der Waals surface area contributed by atoms with E-state index >= 15 is 0 Å². The monoisotopic (exact) mass is 271 g/mol. The maximum atomic E-state index is 5.90. The highest BCUT2D eigenvalue weighted by atomic mass is 35.5. The standard InChI is InChI=1S/C11H18ClN5O/c1-11(5-4-6-18-7-11)16-9-13-8(12)14-10(15-9)17(2)3/h4-7H2,1-3H3,(H,13,14,15,16). The molecule has 1 atom stereocenters. The van der Waals surface area contributed by atoms with Gasteiger partial charge in [0.15, 0.2) is 0 Å². The van der Waals surface area contributed by atoms with Crippen LogP contribution in [0.5, 0.6) is 0 Å². The molecule has 1 unspecified atom stereocenters. The van der Waals surface area contributed by atoms with Crippen LogP contribution in [0.4, 0.5) is 11.9 Å². The molecule has 1 N–H and O–H groups in total. The first-order chi connectivity index (χ1) is 8.48. The molecule has 1 saturated heterocycles. The van der Waals surface area contributed by atoms with Crippen LogP contribution in [0.15, 0.2) is 0 Å². The Hall–Kier alpha value is -1.14. The van der Waals surface area contributed by atoms with Gasteiger partial charge in [0.1, 0.15) is 0 Å². The minimum atomic E-state index is -0.146. The van der Waals surface area contributed by atoms with Gasteiger partial charge in [0, 0.05) is 20.7 Å². The van der Waals surface area contributed by atoms with E-state index in [2.05, 4.69) is 27.2 Å². The smallest absolute Gasteiger partial charge is 0.230 e. The second-order valence-corrected chi connectivity index (χ2v) is 5.30. The fourth-order valence-corrected chi connectivity index (χ4v) is 2.05. The molecule has 1 aromatic heterocycles. The first kappa shape index (κ1) is 13.3. The molecule has 1 aliphatic rings. The number of nitrogens with one attached hydrogen (secondary N) is 1. The number of nitrogens with zero attached hydrogens (tertiary/aromatic N) is 4. The average molecular weight is 272 g/mol. The van der Waals surface area contributed by atoms with Crippen molar-refractivity contribution in [3.05, 3.63) is 5.28 Å². The molecule has 7 heteroatoms. The third kappa shape index (κ3) is 3.20. The number of hydrogen-bond acceptors (Lipinski definition) is 6. The van der Waals surface area contributed by atoms with Crippen LogP contribution in [0.3, 0.4) is 0 Å². The highest BCUT2D eigenvalue weighted by Crippen LogP contribution is 2.23. The molecule has 0 aromatic carbocycles. The Labute approximate surface area is 112 Å². The molecule has 1 fully saturated rings. The van der Waals surface area contributed by atoms with E-state index in [1.165, 1.54) is 0 Å². The van der Waals surface area contributed by atoms with Crippen LogP contribution < -0.4 is 10.2 Å². The summed E-state index contributed by atoms with van der Waals surface area (Å²) in [5, 5.41) is 3.49. The van der Waals surface area contributed by atoms with Crippen LogP contribution >= 0.6 is 11.6 Å². The summed E-state index contributed by atoms with van der Waals surface area (Å²) in [6.07, 6.45) is 2.05. The lowest BCUT2D eigenvalue weighted by Gasteiger charge is -2.34. The van der Waals surface area contributed by atoms with Gasteiger partial charge in [0.25, 0.3) is 0 Å². The number of rotatable bonds is 3. The van der Waals surface area contributed by atoms with E-state index in [0.29, 0.717) is 18.5 Å². The fourth-order valence-electron chi connectivity index (χ4n) is 1.90. The van der Waals surface area contributed by atoms with Gasteiger partial charge >= 0.3 is 0 Å². The van der Waals surface area contributed by atoms with Crippen molar-refractivity contribution in [2.24, 2.45) is 0 Å². The van der Waals surface area contributed by atoms with E-state index < -0.39 is 0 Å². The summed E-state index contributed by atoms with van der Waals surface area (Å²) < 4.78 is 5.49. The molecule has 6 nitrogen and oxygen atoms in total. The van der Waals surface area contributed by atoms with Gasteiger partial charge in [-0.2, -0.15) is 15.0 Å². The predicted molar refractivity (Wildman–Crippen MR) is 71.2 cm³/mol. The minimum absolute atomic E-state index is 0.146. The summed E-state index contributed by atoms with van der Waals surface area (Å²) in [6, 6.07) is 0. The number of hydrogen-bond donors (Lipinski definition) is 1. The van der Waals surface area contributed by atoms with Gasteiger partial charge < -0.3 is 15.0 Å². The van der Waals surface area contributed by atoms with E-state index in [-0.39, 0.29) is 10.8 Å². The van der Waals surface area contributed by atoms with E-state index in [1.54, 1.807) is 4.90 Å². The summed E-state index contributed by atoms with van der Waals surface area (Å²) in [7, 11) is 3.72. The van der Waals surface area contributed by atoms with E-state index in [9.17, 15) is 0 Å². The van der Waals surface area contributed by atoms with Crippen molar-refractivity contribution in [1.29, 1.82) is 0 Å². The SMILES string of the molecule is CN(C)c1nc(Cl)nc(NC2(C)CCCOC2)n1. The molecule has 18 heavy (non-hydrogen) atoms. The highest BCUT2D eigenvalue weighted by Gasteiger charge is 2.28. The van der Waals surface area contributed by atoms with Crippen molar-refractivity contribution < 1.29 is 4.74 Å². The number of halogens is 1. The van der Waals surface area contributed by atoms with Crippen molar-refractivity contribution in [3.63, 3.8) is 0 Å². The van der Waals surface area contributed by atoms with Gasteiger partial charge in [0.05, 0.1) is 12.1 Å². The van der Waals surface area contributed by atoms with Crippen LogP contribution in [-0.2, 0) is 4.74 Å². The van der Waals surface area contributed by atoms with E-state index in [1.807, 2.05) is 14.1 Å². The first-order valence-electron chi connectivity index (χ1n) is 5.93. The van der Waals surface area contributed by atoms with Gasteiger partial charge in [0.2, 0.25) is 17.2 Å². The molecule has 1 aliphatic heterocycles. The maximum absolute atomic E-state index is 5.90. The predicted octanol–water partition coefficient (Wildman–Crippen LogP) is 1.57. The lowest BCUT2D eigenvalue weighted by molar-refractivity contribution is 0.0537. The third-order valence-corrected chi connectivity index (χ3v) is 3.02. The van der Waals surface area contributed by atoms with Crippen LogP contribution in [0, 0.1) is 0 Å². The zero-order valence-corrected chi connectivity index (χ0v) is 11.7. The number of aromatic nitrogens is 3. The van der Waals surface area contributed by atoms with E-state index in [0.717, 1.165) is 19.4 Å². The van der Waals surface area contributed by atoms with Gasteiger partial charge in [-0.3, -0.25) is 0 Å². The molecular formula is C11H18ClN5O. The zero-order valence-electron chi connectivity index (χ0n) is 10.9. The zero-order chi connectivity index (χ0) is 13.2. The average Bonchev–Trinajstić information content (AvgIpc) is 2.28. The molecule has 0 radical (unpaired) electrons. The molecule has 0 bridgehead atoms. The molecule has 1 aromatic rings. The molecular weight excluding hydrogens is 254 g/mol. The molecule has 0 spiro atoms. The number of anilines is 2. The molecule has 0 aliphatic carbocycles. The number of ether oxygens (including phenoxy) is 1. The second kappa shape index (κ2) is 5.24. The Morgan fingerprint density at radius 2 is 2.11 bits per heavy atom. The van der Waals surface area contributed by atoms with Crippen molar-refractivity contribution >= 4 is 23.5 Å². The lowest BCUT2D eigenvalue weighted by Crippen LogP contribution is -2.43. The largest absolute Gasteiger partial charge is 0.379 e. The van der Waals surface area contributed by atoms with Gasteiger partial charge in [-0.25, -0.2) is 0 Å². The summed E-state index contributed by atoms with van der Waals surface area (Å²) in [6.45, 7) is 3.56. The third-order valence-electron chi connectivity index (χ3n) is 2.85. The second-order valence-electron chi connectivity index (χ2n) is 4.96. The Kier molecular flexibility index (Phi) is 3.87. The topological polar surface area (TPSA) is 63.2 Å². The minimum Gasteiger partial charge on any atom is -0.379 e. The maximum Gasteiger partial charge on any atom is 0.230 e. The molecule has 2 rings (SSSR count). The van der Waals surface area contributed by atoms with Crippen molar-refractivity contribution in [1.82, 2.24) is 15.0 Å². The van der Waals surface area contributed by atoms with Gasteiger partial charge in [-0.15, -0.1) is 0 Å². The molecule has 100 valence electrons. The summed E-state index contributed by atoms with van der Waals surface area (Å²) in [5.41, 5.74) is -0.146. The Balaban J connectivity index is 2.17. The summed E-state index contributed by atoms with van der Waals surface area (Å²) in [5.74, 6) is 1.03. The van der Waals surface area contributed by atoms with Crippen LogP contribution in [0.2, 0.25) is 5.28 Å². The summed E-state index contributed by atoms with van der Waals surface area (Å²) >= 11 is 5.90. The Morgan fingerprint density at radius 1 is 1.33 bits per heavy atom. The quantitative estimate of drug-likeness (QED) is 0.900. The highest BCUT2D eigenvalue weighted by molar-refractivity contribution is 6.28. The molecule has 0 saturated carbocycles. The van der Waals surface area contributed by atoms with Crippen molar-refractivity contribution in [2.45, 2.75) is 25.3 Å². The van der Waals surface area contributed by atoms with Gasteiger partial charge in [-0.1, -0.05) is 0 Å². The van der Waals surface area contributed by atoms with Crippen LogP contribution in [0.1, 0.15) is 19.8 Å². The van der Waals surface area contributed by atoms with Crippen molar-refractivity contribution in [2.75, 3.05) is 37.5 Å². The van der Waals surface area contributed by atoms with Crippen molar-refractivity contribution in [3.8, 4) is 0 Å². The Bertz CT molecular complexity index is 420. The first-order valence-corrected chi connectivity index (χ1v) is 6.31.